The lowest BCUT2D eigenvalue weighted by Gasteiger charge is -2.18. The lowest BCUT2D eigenvalue weighted by Crippen LogP contribution is -2.29. The molecule has 2 nitrogen and oxygen atoms in total. The molecular weight excluding hydrogens is 321 g/mol. The molecule has 0 aliphatic rings. The van der Waals surface area contributed by atoms with Crippen molar-refractivity contribution in [1.29, 1.82) is 0 Å². The molecule has 100 valence electrons. The van der Waals surface area contributed by atoms with Gasteiger partial charge in [-0.1, -0.05) is 12.1 Å². The first kappa shape index (κ1) is 14.0. The minimum absolute atomic E-state index is 0.144. The molecule has 19 heavy (non-hydrogen) atoms. The van der Waals surface area contributed by atoms with E-state index in [4.69, 9.17) is 5.84 Å². The van der Waals surface area contributed by atoms with E-state index in [-0.39, 0.29) is 5.56 Å². The predicted molar refractivity (Wildman–Crippen MR) is 69.6 cm³/mol. The third kappa shape index (κ3) is 2.97. The van der Waals surface area contributed by atoms with Crippen molar-refractivity contribution in [1.82, 2.24) is 5.43 Å². The molecule has 2 aromatic carbocycles. The second-order valence-corrected chi connectivity index (χ2v) is 4.79. The molecule has 3 N–H and O–H groups in total. The highest BCUT2D eigenvalue weighted by atomic mass is 79.9. The van der Waals surface area contributed by atoms with E-state index in [2.05, 4.69) is 21.4 Å². The van der Waals surface area contributed by atoms with Crippen LogP contribution in [0.3, 0.4) is 0 Å². The standard InChI is InChI=1S/C13H10BrF3N2/c14-10-4-1-7(5-12(10)17)13(19-18)9-3-2-8(15)6-11(9)16/h1-6,13,19H,18H2. The molecule has 0 fully saturated rings. The van der Waals surface area contributed by atoms with Crippen LogP contribution in [0.1, 0.15) is 17.2 Å². The van der Waals surface area contributed by atoms with Gasteiger partial charge in [-0.2, -0.15) is 0 Å². The molecule has 0 aromatic heterocycles. The van der Waals surface area contributed by atoms with Crippen molar-refractivity contribution < 1.29 is 13.2 Å². The summed E-state index contributed by atoms with van der Waals surface area (Å²) < 4.78 is 40.4. The lowest BCUT2D eigenvalue weighted by molar-refractivity contribution is 0.538. The van der Waals surface area contributed by atoms with Crippen LogP contribution in [-0.4, -0.2) is 0 Å². The Morgan fingerprint density at radius 1 is 1.00 bits per heavy atom. The van der Waals surface area contributed by atoms with Crippen molar-refractivity contribution in [2.75, 3.05) is 0 Å². The van der Waals surface area contributed by atoms with E-state index in [9.17, 15) is 13.2 Å². The second-order valence-electron chi connectivity index (χ2n) is 3.94. The molecule has 0 radical (unpaired) electrons. The highest BCUT2D eigenvalue weighted by molar-refractivity contribution is 9.10. The van der Waals surface area contributed by atoms with Gasteiger partial charge in [0.25, 0.3) is 0 Å². The van der Waals surface area contributed by atoms with Crippen molar-refractivity contribution in [2.45, 2.75) is 6.04 Å². The number of benzene rings is 2. The highest BCUT2D eigenvalue weighted by Crippen LogP contribution is 2.27. The van der Waals surface area contributed by atoms with E-state index in [1.54, 1.807) is 6.07 Å². The molecule has 0 saturated heterocycles. The molecule has 0 saturated carbocycles. The maximum absolute atomic E-state index is 13.7. The maximum Gasteiger partial charge on any atom is 0.137 e. The summed E-state index contributed by atoms with van der Waals surface area (Å²) in [6.45, 7) is 0. The fourth-order valence-corrected chi connectivity index (χ4v) is 2.04. The molecule has 0 aliphatic carbocycles. The number of hydrogen-bond donors (Lipinski definition) is 2. The van der Waals surface area contributed by atoms with Gasteiger partial charge in [0, 0.05) is 11.6 Å². The quantitative estimate of drug-likeness (QED) is 0.668. The number of hydrogen-bond acceptors (Lipinski definition) is 2. The smallest absolute Gasteiger partial charge is 0.137 e. The Kier molecular flexibility index (Phi) is 4.24. The Balaban J connectivity index is 2.46. The van der Waals surface area contributed by atoms with Crippen molar-refractivity contribution in [2.24, 2.45) is 5.84 Å². The van der Waals surface area contributed by atoms with Crippen LogP contribution in [0.25, 0.3) is 0 Å². The summed E-state index contributed by atoms with van der Waals surface area (Å²) in [4.78, 5) is 0. The number of halogens is 4. The molecule has 0 heterocycles. The summed E-state index contributed by atoms with van der Waals surface area (Å²) in [6, 6.07) is 6.72. The van der Waals surface area contributed by atoms with Crippen molar-refractivity contribution >= 4 is 15.9 Å². The minimum Gasteiger partial charge on any atom is -0.271 e. The highest BCUT2D eigenvalue weighted by Gasteiger charge is 2.18. The fourth-order valence-electron chi connectivity index (χ4n) is 1.79. The number of hydrazine groups is 1. The Bertz CT molecular complexity index is 604. The first-order valence-corrected chi connectivity index (χ1v) is 6.18. The van der Waals surface area contributed by atoms with E-state index in [0.717, 1.165) is 12.1 Å². The normalized spacial score (nSPS) is 12.5. The molecule has 1 unspecified atom stereocenters. The van der Waals surface area contributed by atoms with Crippen LogP contribution < -0.4 is 11.3 Å². The van der Waals surface area contributed by atoms with Crippen LogP contribution in [0, 0.1) is 17.5 Å². The van der Waals surface area contributed by atoms with Crippen LogP contribution in [-0.2, 0) is 0 Å². The first-order valence-electron chi connectivity index (χ1n) is 5.39. The first-order chi connectivity index (χ1) is 9.02. The molecule has 6 heteroatoms. The molecule has 0 amide bonds. The molecule has 2 rings (SSSR count). The third-order valence-corrected chi connectivity index (χ3v) is 3.36. The van der Waals surface area contributed by atoms with Gasteiger partial charge >= 0.3 is 0 Å². The summed E-state index contributed by atoms with van der Waals surface area (Å²) in [5.41, 5.74) is 2.98. The van der Waals surface area contributed by atoms with Crippen LogP contribution in [0.15, 0.2) is 40.9 Å². The van der Waals surface area contributed by atoms with E-state index in [1.165, 1.54) is 18.2 Å². The topological polar surface area (TPSA) is 38.0 Å². The Morgan fingerprint density at radius 2 is 1.74 bits per heavy atom. The molecule has 0 aliphatic heterocycles. The van der Waals surface area contributed by atoms with E-state index in [0.29, 0.717) is 10.0 Å². The van der Waals surface area contributed by atoms with E-state index < -0.39 is 23.5 Å². The predicted octanol–water partition coefficient (Wildman–Crippen LogP) is 3.42. The summed E-state index contributed by atoms with van der Waals surface area (Å²) in [7, 11) is 0. The number of rotatable bonds is 3. The van der Waals surface area contributed by atoms with Crippen LogP contribution in [0.5, 0.6) is 0 Å². The zero-order valence-electron chi connectivity index (χ0n) is 9.63. The summed E-state index contributed by atoms with van der Waals surface area (Å²) in [6.07, 6.45) is 0. The maximum atomic E-state index is 13.7. The third-order valence-electron chi connectivity index (χ3n) is 2.72. The van der Waals surface area contributed by atoms with Gasteiger partial charge in [-0.05, 0) is 39.7 Å². The summed E-state index contributed by atoms with van der Waals surface area (Å²) >= 11 is 3.03. The Morgan fingerprint density at radius 3 is 2.32 bits per heavy atom. The minimum atomic E-state index is -0.761. The SMILES string of the molecule is NNC(c1ccc(Br)c(F)c1)c1ccc(F)cc1F. The lowest BCUT2D eigenvalue weighted by atomic mass is 9.98. The zero-order valence-corrected chi connectivity index (χ0v) is 11.2. The summed E-state index contributed by atoms with van der Waals surface area (Å²) in [5, 5.41) is 0. The van der Waals surface area contributed by atoms with Gasteiger partial charge in [0.1, 0.15) is 17.5 Å². The fraction of sp³-hybridized carbons (Fsp3) is 0.0769. The van der Waals surface area contributed by atoms with Crippen LogP contribution in [0.2, 0.25) is 0 Å². The van der Waals surface area contributed by atoms with Gasteiger partial charge < -0.3 is 0 Å². The molecule has 1 atom stereocenters. The van der Waals surface area contributed by atoms with Gasteiger partial charge in [-0.15, -0.1) is 0 Å². The van der Waals surface area contributed by atoms with Gasteiger partial charge in [-0.25, -0.2) is 18.6 Å². The zero-order chi connectivity index (χ0) is 14.0. The molecule has 2 aromatic rings. The number of nitrogens with one attached hydrogen (secondary N) is 1. The average Bonchev–Trinajstić information content (AvgIpc) is 2.37. The largest absolute Gasteiger partial charge is 0.271 e. The van der Waals surface area contributed by atoms with Crippen molar-refractivity contribution in [3.05, 3.63) is 69.4 Å². The molecule has 0 bridgehead atoms. The van der Waals surface area contributed by atoms with Crippen LogP contribution >= 0.6 is 15.9 Å². The number of nitrogens with two attached hydrogens (primary N) is 1. The van der Waals surface area contributed by atoms with Gasteiger partial charge in [0.2, 0.25) is 0 Å². The second kappa shape index (κ2) is 5.73. The summed E-state index contributed by atoms with van der Waals surface area (Å²) in [5.74, 6) is 3.48. The Hall–Kier alpha value is -1.37. The van der Waals surface area contributed by atoms with E-state index >= 15 is 0 Å². The monoisotopic (exact) mass is 330 g/mol. The van der Waals surface area contributed by atoms with Gasteiger partial charge in [0.15, 0.2) is 0 Å². The molecular formula is C13H10BrF3N2. The molecule has 0 spiro atoms. The van der Waals surface area contributed by atoms with E-state index in [1.807, 2.05) is 0 Å². The van der Waals surface area contributed by atoms with Crippen molar-refractivity contribution in [3.8, 4) is 0 Å². The van der Waals surface area contributed by atoms with Crippen LogP contribution in [0.4, 0.5) is 13.2 Å². The Labute approximate surface area is 116 Å². The van der Waals surface area contributed by atoms with Gasteiger partial charge in [0.05, 0.1) is 10.5 Å². The van der Waals surface area contributed by atoms with Crippen molar-refractivity contribution in [3.63, 3.8) is 0 Å². The average molecular weight is 331 g/mol. The van der Waals surface area contributed by atoms with Gasteiger partial charge in [-0.3, -0.25) is 5.84 Å².